The summed E-state index contributed by atoms with van der Waals surface area (Å²) >= 11 is -2.65. The van der Waals surface area contributed by atoms with Gasteiger partial charge in [-0.05, 0) is 0 Å². The molecule has 0 heterocycles. The topological polar surface area (TPSA) is 9.23 Å². The Morgan fingerprint density at radius 3 is 1.43 bits per heavy atom. The molecule has 0 aromatic rings. The van der Waals surface area contributed by atoms with Crippen LogP contribution >= 0.6 is 0 Å². The molecule has 0 saturated carbocycles. The van der Waals surface area contributed by atoms with Gasteiger partial charge in [0.1, 0.15) is 0 Å². The summed E-state index contributed by atoms with van der Waals surface area (Å²) in [7, 11) is -1.58. The quantitative estimate of drug-likeness (QED) is 0.233. The fourth-order valence-electron chi connectivity index (χ4n) is 4.47. The van der Waals surface area contributed by atoms with Crippen LogP contribution in [0.5, 0.6) is 0 Å². The van der Waals surface area contributed by atoms with Crippen molar-refractivity contribution in [2.24, 2.45) is 5.41 Å². The predicted molar refractivity (Wildman–Crippen MR) is 111 cm³/mol. The standard InChI is InChI=1S/C11H21OSi.3C3H7.Sn/c1-10(12-13(5,6)7)8-9-11(2,3)4;3*1-3-2;/h1-7H3;3*3H,1-2H3;. The summed E-state index contributed by atoms with van der Waals surface area (Å²) in [6.45, 7) is 30.7. The van der Waals surface area contributed by atoms with Gasteiger partial charge in [0.25, 0.3) is 0 Å². The van der Waals surface area contributed by atoms with Crippen molar-refractivity contribution in [3.63, 3.8) is 0 Å². The Bertz CT molecular complexity index is 433. The van der Waals surface area contributed by atoms with Crippen LogP contribution < -0.4 is 0 Å². The molecule has 0 aliphatic carbocycles. The molecule has 0 fully saturated rings. The van der Waals surface area contributed by atoms with Crippen LogP contribution in [-0.2, 0) is 4.43 Å². The van der Waals surface area contributed by atoms with Gasteiger partial charge in [0.2, 0.25) is 0 Å². The Morgan fingerprint density at radius 2 is 1.22 bits per heavy atom. The molecule has 0 bridgehead atoms. The molecule has 136 valence electrons. The van der Waals surface area contributed by atoms with E-state index in [2.05, 4.69) is 94.6 Å². The summed E-state index contributed by atoms with van der Waals surface area (Å²) < 4.78 is 10.2. The molecule has 3 heteroatoms. The number of rotatable bonds is 6. The molecule has 0 unspecified atom stereocenters. The van der Waals surface area contributed by atoms with Gasteiger partial charge in [-0.3, -0.25) is 0 Å². The predicted octanol–water partition coefficient (Wildman–Crippen LogP) is 7.53. The molecule has 1 nitrogen and oxygen atoms in total. The zero-order valence-electron chi connectivity index (χ0n) is 18.1. The number of hydrogen-bond acceptors (Lipinski definition) is 1. The van der Waals surface area contributed by atoms with E-state index in [1.54, 1.807) is 3.59 Å². The molecule has 0 radical (unpaired) electrons. The van der Waals surface area contributed by atoms with Gasteiger partial charge < -0.3 is 0 Å². The van der Waals surface area contributed by atoms with E-state index in [0.717, 1.165) is 17.6 Å². The second kappa shape index (κ2) is 8.14. The molecule has 0 rings (SSSR count). The summed E-state index contributed by atoms with van der Waals surface area (Å²) in [4.78, 5) is 0. The Balaban J connectivity index is 6.64. The van der Waals surface area contributed by atoms with Crippen molar-refractivity contribution in [3.05, 3.63) is 15.1 Å². The first-order valence-corrected chi connectivity index (χ1v) is 19.0. The molecular formula is C20H42OSiSn. The summed E-state index contributed by atoms with van der Waals surface area (Å²) in [5.74, 6) is 1.01. The van der Waals surface area contributed by atoms with E-state index in [4.69, 9.17) is 4.43 Å². The van der Waals surface area contributed by atoms with Crippen molar-refractivity contribution in [1.29, 1.82) is 0 Å². The van der Waals surface area contributed by atoms with Crippen molar-refractivity contribution >= 4 is 26.7 Å². The van der Waals surface area contributed by atoms with Crippen LogP contribution in [0.4, 0.5) is 0 Å². The molecule has 0 amide bonds. The van der Waals surface area contributed by atoms with Crippen molar-refractivity contribution in [2.75, 3.05) is 0 Å². The van der Waals surface area contributed by atoms with Crippen LogP contribution in [0.3, 0.4) is 0 Å². The minimum absolute atomic E-state index is 0.166. The van der Waals surface area contributed by atoms with Gasteiger partial charge in [-0.15, -0.1) is 0 Å². The van der Waals surface area contributed by atoms with E-state index < -0.39 is 26.7 Å². The van der Waals surface area contributed by atoms with Gasteiger partial charge in [-0.2, -0.15) is 0 Å². The zero-order valence-corrected chi connectivity index (χ0v) is 22.0. The van der Waals surface area contributed by atoms with Gasteiger partial charge in [-0.1, -0.05) is 0 Å². The van der Waals surface area contributed by atoms with Crippen molar-refractivity contribution < 1.29 is 4.43 Å². The summed E-state index contributed by atoms with van der Waals surface area (Å²) in [5, 5.41) is 0. The average Bonchev–Trinajstić information content (AvgIpc) is 2.22. The van der Waals surface area contributed by atoms with Crippen LogP contribution in [-0.4, -0.2) is 26.7 Å². The SMILES string of the molecule is CC(=C=[C](C(C)(C)C)[Sn]([CH](C)C)([CH](C)C)[CH](C)C)O[Si](C)(C)C. The third-order valence-electron chi connectivity index (χ3n) is 4.81. The van der Waals surface area contributed by atoms with E-state index >= 15 is 0 Å². The molecule has 0 spiro atoms. The van der Waals surface area contributed by atoms with Crippen LogP contribution in [0.25, 0.3) is 0 Å². The first kappa shape index (κ1) is 23.3. The van der Waals surface area contributed by atoms with Crippen LogP contribution in [0.1, 0.15) is 69.2 Å². The molecule has 23 heavy (non-hydrogen) atoms. The van der Waals surface area contributed by atoms with Gasteiger partial charge in [-0.25, -0.2) is 0 Å². The number of allylic oxidation sites excluding steroid dienone is 1. The average molecular weight is 445 g/mol. The van der Waals surface area contributed by atoms with E-state index in [9.17, 15) is 0 Å². The van der Waals surface area contributed by atoms with Gasteiger partial charge in [0.05, 0.1) is 0 Å². The Hall–Kier alpha value is 0.336. The number of hydrogen-bond donors (Lipinski definition) is 0. The van der Waals surface area contributed by atoms with Crippen LogP contribution in [0, 0.1) is 5.41 Å². The van der Waals surface area contributed by atoms with Gasteiger partial charge in [0.15, 0.2) is 0 Å². The molecule has 0 aliphatic heterocycles. The van der Waals surface area contributed by atoms with Gasteiger partial charge >= 0.3 is 152 Å². The summed E-state index contributed by atoms with van der Waals surface area (Å²) in [6, 6.07) is 0. The van der Waals surface area contributed by atoms with E-state index in [-0.39, 0.29) is 5.41 Å². The molecule has 0 aromatic heterocycles. The van der Waals surface area contributed by atoms with Crippen molar-refractivity contribution in [1.82, 2.24) is 0 Å². The van der Waals surface area contributed by atoms with Crippen molar-refractivity contribution in [2.45, 2.75) is 101 Å². The van der Waals surface area contributed by atoms with Gasteiger partial charge in [0, 0.05) is 0 Å². The van der Waals surface area contributed by atoms with Crippen LogP contribution in [0.2, 0.25) is 31.4 Å². The molecule has 0 aromatic carbocycles. The second-order valence-electron chi connectivity index (χ2n) is 9.92. The van der Waals surface area contributed by atoms with Crippen LogP contribution in [0.15, 0.2) is 15.1 Å². The first-order valence-electron chi connectivity index (χ1n) is 9.24. The maximum absolute atomic E-state index is 6.25. The molecule has 0 saturated heterocycles. The van der Waals surface area contributed by atoms with E-state index in [1.165, 1.54) is 0 Å². The molecule has 0 N–H and O–H groups in total. The third kappa shape index (κ3) is 5.97. The van der Waals surface area contributed by atoms with Crippen molar-refractivity contribution in [3.8, 4) is 0 Å². The normalized spacial score (nSPS) is 13.6. The van der Waals surface area contributed by atoms with E-state index in [1.807, 2.05) is 0 Å². The molecule has 0 aliphatic rings. The zero-order chi connectivity index (χ0) is 18.8. The first-order chi connectivity index (χ1) is 10.1. The summed E-state index contributed by atoms with van der Waals surface area (Å²) in [5.41, 5.74) is 4.00. The monoisotopic (exact) mass is 446 g/mol. The molecular weight excluding hydrogens is 403 g/mol. The fraction of sp³-hybridized carbons (Fsp3) is 0.850. The Kier molecular flexibility index (Phi) is 8.26. The fourth-order valence-corrected chi connectivity index (χ4v) is 26.6. The van der Waals surface area contributed by atoms with E-state index in [0.29, 0.717) is 0 Å². The molecule has 0 atom stereocenters. The Morgan fingerprint density at radius 1 is 0.870 bits per heavy atom. The minimum atomic E-state index is -2.65. The third-order valence-corrected chi connectivity index (χ3v) is 27.1. The maximum atomic E-state index is 6.25. The Labute approximate surface area is 152 Å². The summed E-state index contributed by atoms with van der Waals surface area (Å²) in [6.07, 6.45) is 0. The second-order valence-corrected chi connectivity index (χ2v) is 31.0.